The molecule has 0 amide bonds. The lowest BCUT2D eigenvalue weighted by atomic mass is 10.1. The first-order valence-electron chi connectivity index (χ1n) is 10.8. The first-order chi connectivity index (χ1) is 13.5. The summed E-state index contributed by atoms with van der Waals surface area (Å²) < 4.78 is 2.20. The predicted molar refractivity (Wildman–Crippen MR) is 115 cm³/mol. The zero-order valence-corrected chi connectivity index (χ0v) is 17.6. The summed E-state index contributed by atoms with van der Waals surface area (Å²) in [4.78, 5) is 18.0. The first kappa shape index (κ1) is 19.4. The van der Waals surface area contributed by atoms with E-state index in [0.717, 1.165) is 54.9 Å². The van der Waals surface area contributed by atoms with Crippen LogP contribution in [0, 0.1) is 20.8 Å². The average Bonchev–Trinajstić information content (AvgIpc) is 3.32. The van der Waals surface area contributed by atoms with Gasteiger partial charge in [-0.25, -0.2) is 0 Å². The molecule has 0 radical (unpaired) electrons. The molecule has 0 N–H and O–H groups in total. The zero-order chi connectivity index (χ0) is 19.7. The lowest BCUT2D eigenvalue weighted by Crippen LogP contribution is -2.50. The maximum atomic E-state index is 13.1. The smallest absolute Gasteiger partial charge is 0.178 e. The molecule has 0 atom stereocenters. The Hall–Kier alpha value is -1.91. The number of hydrogen-bond acceptors (Lipinski definition) is 3. The standard InChI is InChI=1S/C24H33N3O/c1-18-8-10-22(11-9-18)27-19(2)16-23(20(27)3)24(28)17-25-12-14-26(15-13-25)21-6-4-5-7-21/h8-11,16,21H,4-7,12-15,17H2,1-3H3. The lowest BCUT2D eigenvalue weighted by molar-refractivity contribution is 0.0775. The van der Waals surface area contributed by atoms with Crippen molar-refractivity contribution in [3.63, 3.8) is 0 Å². The van der Waals surface area contributed by atoms with Crippen molar-refractivity contribution in [2.45, 2.75) is 52.5 Å². The highest BCUT2D eigenvalue weighted by atomic mass is 16.1. The van der Waals surface area contributed by atoms with Crippen LogP contribution in [0.5, 0.6) is 0 Å². The van der Waals surface area contributed by atoms with Gasteiger partial charge in [0.25, 0.3) is 0 Å². The molecule has 1 aromatic carbocycles. The van der Waals surface area contributed by atoms with Gasteiger partial charge in [0, 0.05) is 54.9 Å². The van der Waals surface area contributed by atoms with Crippen LogP contribution in [0.1, 0.15) is 53.0 Å². The highest BCUT2D eigenvalue weighted by Gasteiger charge is 2.27. The van der Waals surface area contributed by atoms with E-state index in [2.05, 4.69) is 65.5 Å². The fraction of sp³-hybridized carbons (Fsp3) is 0.542. The molecule has 1 aliphatic heterocycles. The molecule has 150 valence electrons. The Bertz CT molecular complexity index is 822. The van der Waals surface area contributed by atoms with Crippen LogP contribution in [0.3, 0.4) is 0 Å². The summed E-state index contributed by atoms with van der Waals surface area (Å²) in [5, 5.41) is 0. The van der Waals surface area contributed by atoms with Gasteiger partial charge in [0.15, 0.2) is 5.78 Å². The highest BCUT2D eigenvalue weighted by Crippen LogP contribution is 2.25. The van der Waals surface area contributed by atoms with E-state index in [0.29, 0.717) is 6.54 Å². The minimum atomic E-state index is 0.251. The number of aryl methyl sites for hydroxylation is 2. The van der Waals surface area contributed by atoms with E-state index in [-0.39, 0.29) is 5.78 Å². The fourth-order valence-electron chi connectivity index (χ4n) is 4.98. The lowest BCUT2D eigenvalue weighted by Gasteiger charge is -2.37. The number of aromatic nitrogens is 1. The molecule has 0 bridgehead atoms. The van der Waals surface area contributed by atoms with E-state index in [1.807, 2.05) is 0 Å². The van der Waals surface area contributed by atoms with Gasteiger partial charge in [-0.1, -0.05) is 30.5 Å². The van der Waals surface area contributed by atoms with Crippen LogP contribution in [0.25, 0.3) is 5.69 Å². The van der Waals surface area contributed by atoms with Gasteiger partial charge in [-0.2, -0.15) is 0 Å². The third kappa shape index (κ3) is 3.94. The molecule has 1 saturated carbocycles. The molecule has 2 heterocycles. The van der Waals surface area contributed by atoms with Crippen molar-refractivity contribution in [3.05, 3.63) is 52.8 Å². The first-order valence-corrected chi connectivity index (χ1v) is 10.8. The summed E-state index contributed by atoms with van der Waals surface area (Å²) in [7, 11) is 0. The topological polar surface area (TPSA) is 28.5 Å². The largest absolute Gasteiger partial charge is 0.318 e. The van der Waals surface area contributed by atoms with Crippen LogP contribution in [-0.4, -0.2) is 58.9 Å². The summed E-state index contributed by atoms with van der Waals surface area (Å²) in [6.45, 7) is 11.0. The number of ketones is 1. The number of rotatable bonds is 5. The van der Waals surface area contributed by atoms with Crippen LogP contribution in [0.2, 0.25) is 0 Å². The van der Waals surface area contributed by atoms with Gasteiger partial charge in [-0.15, -0.1) is 0 Å². The molecular formula is C24H33N3O. The Labute approximate surface area is 169 Å². The minimum absolute atomic E-state index is 0.251. The number of carbonyl (C=O) groups excluding carboxylic acids is 1. The second-order valence-electron chi connectivity index (χ2n) is 8.63. The van der Waals surface area contributed by atoms with E-state index in [9.17, 15) is 4.79 Å². The number of carbonyl (C=O) groups is 1. The highest BCUT2D eigenvalue weighted by molar-refractivity contribution is 5.99. The summed E-state index contributed by atoms with van der Waals surface area (Å²) in [5.74, 6) is 0.251. The molecule has 4 rings (SSSR count). The van der Waals surface area contributed by atoms with Crippen LogP contribution in [0.15, 0.2) is 30.3 Å². The van der Waals surface area contributed by atoms with Crippen molar-refractivity contribution in [3.8, 4) is 5.69 Å². The molecule has 1 aliphatic carbocycles. The fourth-order valence-corrected chi connectivity index (χ4v) is 4.98. The van der Waals surface area contributed by atoms with Crippen molar-refractivity contribution >= 4 is 5.78 Å². The Kier molecular flexibility index (Phi) is 5.70. The second-order valence-corrected chi connectivity index (χ2v) is 8.63. The second kappa shape index (κ2) is 8.22. The van der Waals surface area contributed by atoms with Gasteiger partial charge in [0.05, 0.1) is 6.54 Å². The maximum absolute atomic E-state index is 13.1. The quantitative estimate of drug-likeness (QED) is 0.731. The molecule has 1 saturated heterocycles. The summed E-state index contributed by atoms with van der Waals surface area (Å²) in [6, 6.07) is 11.4. The van der Waals surface area contributed by atoms with Gasteiger partial charge in [0.1, 0.15) is 0 Å². The molecule has 4 nitrogen and oxygen atoms in total. The van der Waals surface area contributed by atoms with Crippen LogP contribution >= 0.6 is 0 Å². The summed E-state index contributed by atoms with van der Waals surface area (Å²) in [5.41, 5.74) is 5.42. The third-order valence-corrected chi connectivity index (χ3v) is 6.64. The third-order valence-electron chi connectivity index (χ3n) is 6.64. The van der Waals surface area contributed by atoms with E-state index in [4.69, 9.17) is 0 Å². The predicted octanol–water partition coefficient (Wildman–Crippen LogP) is 4.15. The molecule has 1 aromatic heterocycles. The van der Waals surface area contributed by atoms with Crippen LogP contribution in [0.4, 0.5) is 0 Å². The van der Waals surface area contributed by atoms with Crippen molar-refractivity contribution < 1.29 is 4.79 Å². The Morgan fingerprint density at radius 1 is 0.964 bits per heavy atom. The molecule has 28 heavy (non-hydrogen) atoms. The van der Waals surface area contributed by atoms with E-state index < -0.39 is 0 Å². The van der Waals surface area contributed by atoms with Crippen molar-refractivity contribution in [1.29, 1.82) is 0 Å². The van der Waals surface area contributed by atoms with Gasteiger partial charge < -0.3 is 4.57 Å². The van der Waals surface area contributed by atoms with Gasteiger partial charge >= 0.3 is 0 Å². The Morgan fingerprint density at radius 2 is 1.61 bits per heavy atom. The molecule has 2 aliphatic rings. The SMILES string of the molecule is Cc1ccc(-n2c(C)cc(C(=O)CN3CCN(C4CCCC4)CC3)c2C)cc1. The average molecular weight is 380 g/mol. The maximum Gasteiger partial charge on any atom is 0.178 e. The van der Waals surface area contributed by atoms with Crippen molar-refractivity contribution in [2.24, 2.45) is 0 Å². The van der Waals surface area contributed by atoms with Gasteiger partial charge in [-0.05, 0) is 51.8 Å². The number of benzene rings is 1. The van der Waals surface area contributed by atoms with Crippen LogP contribution < -0.4 is 0 Å². The van der Waals surface area contributed by atoms with E-state index >= 15 is 0 Å². The van der Waals surface area contributed by atoms with Gasteiger partial charge in [-0.3, -0.25) is 14.6 Å². The minimum Gasteiger partial charge on any atom is -0.318 e. The zero-order valence-electron chi connectivity index (χ0n) is 17.6. The molecule has 0 spiro atoms. The van der Waals surface area contributed by atoms with Crippen LogP contribution in [-0.2, 0) is 0 Å². The van der Waals surface area contributed by atoms with Crippen molar-refractivity contribution in [2.75, 3.05) is 32.7 Å². The van der Waals surface area contributed by atoms with E-state index in [1.165, 1.54) is 31.2 Å². The molecule has 4 heteroatoms. The number of piperazine rings is 1. The Balaban J connectivity index is 1.41. The number of hydrogen-bond donors (Lipinski definition) is 0. The normalized spacial score (nSPS) is 19.4. The van der Waals surface area contributed by atoms with Crippen molar-refractivity contribution in [1.82, 2.24) is 14.4 Å². The van der Waals surface area contributed by atoms with E-state index in [1.54, 1.807) is 0 Å². The molecule has 0 unspecified atom stereocenters. The monoisotopic (exact) mass is 379 g/mol. The number of Topliss-reactive ketones (excluding diaryl/α,β-unsaturated/α-hetero) is 1. The van der Waals surface area contributed by atoms with Gasteiger partial charge in [0.2, 0.25) is 0 Å². The molecule has 2 fully saturated rings. The summed E-state index contributed by atoms with van der Waals surface area (Å²) in [6.07, 6.45) is 5.51. The Morgan fingerprint density at radius 3 is 2.25 bits per heavy atom. The molecule has 2 aromatic rings. The number of nitrogens with zero attached hydrogens (tertiary/aromatic N) is 3. The summed E-state index contributed by atoms with van der Waals surface area (Å²) >= 11 is 0. The molecular weight excluding hydrogens is 346 g/mol.